The number of carbonyl (C=O) groups excluding carboxylic acids is 1. The molecule has 136 valence electrons. The van der Waals surface area contributed by atoms with E-state index in [0.717, 1.165) is 44.2 Å². The molecule has 1 amide bonds. The van der Waals surface area contributed by atoms with Gasteiger partial charge in [-0.05, 0) is 19.3 Å². The molecule has 0 saturated carbocycles. The third kappa shape index (κ3) is 3.62. The molecule has 1 aromatic rings. The summed E-state index contributed by atoms with van der Waals surface area (Å²) >= 11 is 0. The minimum atomic E-state index is 0.116. The highest BCUT2D eigenvalue weighted by molar-refractivity contribution is 5.76. The largest absolute Gasteiger partial charge is 0.374 e. The normalized spacial score (nSPS) is 28.1. The molecule has 1 aromatic heterocycles. The lowest BCUT2D eigenvalue weighted by molar-refractivity contribution is -0.131. The van der Waals surface area contributed by atoms with Gasteiger partial charge >= 0.3 is 0 Å². The maximum Gasteiger partial charge on any atom is 0.225 e. The zero-order chi connectivity index (χ0) is 17.2. The minimum Gasteiger partial charge on any atom is -0.374 e. The summed E-state index contributed by atoms with van der Waals surface area (Å²) in [5.41, 5.74) is 1.12. The van der Waals surface area contributed by atoms with E-state index in [1.807, 2.05) is 24.3 Å². The zero-order valence-corrected chi connectivity index (χ0v) is 14.9. The van der Waals surface area contributed by atoms with Gasteiger partial charge in [0.05, 0.1) is 25.2 Å². The van der Waals surface area contributed by atoms with Crippen molar-refractivity contribution in [1.82, 2.24) is 19.8 Å². The van der Waals surface area contributed by atoms with Crippen molar-refractivity contribution < 1.29 is 9.53 Å². The predicted molar refractivity (Wildman–Crippen MR) is 94.3 cm³/mol. The number of rotatable bonds is 3. The standard InChI is InChI=1S/C18H27N5O2/c1-21-15-12-22(13-16(15)25-8-5-17(21)24)11-14-9-19-18(20-10-14)23-6-3-2-4-7-23/h9-10,15-16H,2-8,11-13H2,1H3/t15-,16-/m0/s1. The Hall–Kier alpha value is -1.73. The second-order valence-corrected chi connectivity index (χ2v) is 7.36. The van der Waals surface area contributed by atoms with Gasteiger partial charge in [-0.1, -0.05) is 0 Å². The Bertz CT molecular complexity index is 602. The number of anilines is 1. The van der Waals surface area contributed by atoms with Gasteiger partial charge in [0.25, 0.3) is 0 Å². The van der Waals surface area contributed by atoms with Crippen LogP contribution in [0.25, 0.3) is 0 Å². The number of ether oxygens (including phenoxy) is 1. The molecule has 0 aliphatic carbocycles. The SMILES string of the molecule is CN1C(=O)CCO[C@H]2CN(Cc3cnc(N4CCCCC4)nc3)C[C@@H]21. The molecule has 3 aliphatic heterocycles. The van der Waals surface area contributed by atoms with Gasteiger partial charge in [0.2, 0.25) is 11.9 Å². The van der Waals surface area contributed by atoms with Crippen LogP contribution in [0, 0.1) is 0 Å². The monoisotopic (exact) mass is 345 g/mol. The van der Waals surface area contributed by atoms with Gasteiger partial charge in [-0.2, -0.15) is 0 Å². The summed E-state index contributed by atoms with van der Waals surface area (Å²) in [7, 11) is 1.90. The maximum atomic E-state index is 12.0. The van der Waals surface area contributed by atoms with Gasteiger partial charge in [-0.15, -0.1) is 0 Å². The first kappa shape index (κ1) is 16.7. The van der Waals surface area contributed by atoms with Crippen LogP contribution in [0.3, 0.4) is 0 Å². The highest BCUT2D eigenvalue weighted by Crippen LogP contribution is 2.23. The Labute approximate surface area is 149 Å². The lowest BCUT2D eigenvalue weighted by Gasteiger charge is -2.26. The fraction of sp³-hybridized carbons (Fsp3) is 0.722. The lowest BCUT2D eigenvalue weighted by atomic mass is 10.1. The Morgan fingerprint density at radius 1 is 1.16 bits per heavy atom. The number of hydrogen-bond donors (Lipinski definition) is 0. The van der Waals surface area contributed by atoms with E-state index in [1.165, 1.54) is 19.3 Å². The van der Waals surface area contributed by atoms with E-state index in [1.54, 1.807) is 0 Å². The molecule has 3 saturated heterocycles. The van der Waals surface area contributed by atoms with E-state index in [0.29, 0.717) is 13.0 Å². The molecule has 2 atom stereocenters. The first-order valence-corrected chi connectivity index (χ1v) is 9.36. The summed E-state index contributed by atoms with van der Waals surface area (Å²) < 4.78 is 5.89. The molecule has 4 rings (SSSR count). The first-order valence-electron chi connectivity index (χ1n) is 9.36. The fourth-order valence-corrected chi connectivity index (χ4v) is 4.10. The molecule has 0 spiro atoms. The van der Waals surface area contributed by atoms with Gasteiger partial charge in [0, 0.05) is 57.7 Å². The van der Waals surface area contributed by atoms with Crippen molar-refractivity contribution in [3.8, 4) is 0 Å². The number of nitrogens with zero attached hydrogens (tertiary/aromatic N) is 5. The molecule has 0 N–H and O–H groups in total. The number of fused-ring (bicyclic) bond motifs is 1. The molecule has 0 unspecified atom stereocenters. The van der Waals surface area contributed by atoms with Crippen LogP contribution in [0.2, 0.25) is 0 Å². The average Bonchev–Trinajstić information content (AvgIpc) is 2.99. The molecule has 7 nitrogen and oxygen atoms in total. The smallest absolute Gasteiger partial charge is 0.225 e. The molecule has 4 heterocycles. The van der Waals surface area contributed by atoms with Crippen LogP contribution in [-0.4, -0.2) is 77.7 Å². The third-order valence-corrected chi connectivity index (χ3v) is 5.59. The highest BCUT2D eigenvalue weighted by Gasteiger charge is 2.39. The van der Waals surface area contributed by atoms with Crippen LogP contribution in [0.4, 0.5) is 5.95 Å². The van der Waals surface area contributed by atoms with Crippen molar-refractivity contribution in [1.29, 1.82) is 0 Å². The van der Waals surface area contributed by atoms with Crippen LogP contribution in [-0.2, 0) is 16.1 Å². The van der Waals surface area contributed by atoms with Gasteiger partial charge in [0.15, 0.2) is 0 Å². The molecule has 0 bridgehead atoms. The van der Waals surface area contributed by atoms with Gasteiger partial charge in [-0.3, -0.25) is 9.69 Å². The molecule has 3 aliphatic rings. The van der Waals surface area contributed by atoms with Crippen LogP contribution in [0.15, 0.2) is 12.4 Å². The van der Waals surface area contributed by atoms with Crippen LogP contribution in [0.1, 0.15) is 31.2 Å². The summed E-state index contributed by atoms with van der Waals surface area (Å²) in [6.07, 6.45) is 8.27. The summed E-state index contributed by atoms with van der Waals surface area (Å²) in [4.78, 5) is 27.6. The lowest BCUT2D eigenvalue weighted by Crippen LogP contribution is -2.42. The molecule has 0 radical (unpaired) electrons. The summed E-state index contributed by atoms with van der Waals surface area (Å²) in [5, 5.41) is 0. The van der Waals surface area contributed by atoms with Crippen LogP contribution < -0.4 is 4.90 Å². The van der Waals surface area contributed by atoms with Crippen molar-refractivity contribution in [2.24, 2.45) is 0 Å². The predicted octanol–water partition coefficient (Wildman–Crippen LogP) is 0.898. The number of hydrogen-bond acceptors (Lipinski definition) is 6. The molecule has 0 aromatic carbocycles. The van der Waals surface area contributed by atoms with E-state index in [4.69, 9.17) is 4.74 Å². The summed E-state index contributed by atoms with van der Waals surface area (Å²) in [6.45, 7) is 5.17. The van der Waals surface area contributed by atoms with Gasteiger partial charge < -0.3 is 14.5 Å². The van der Waals surface area contributed by atoms with Crippen LogP contribution in [0.5, 0.6) is 0 Å². The fourth-order valence-electron chi connectivity index (χ4n) is 4.10. The molecule has 3 fully saturated rings. The van der Waals surface area contributed by atoms with Gasteiger partial charge in [-0.25, -0.2) is 9.97 Å². The van der Waals surface area contributed by atoms with E-state index in [-0.39, 0.29) is 18.1 Å². The molecule has 7 heteroatoms. The highest BCUT2D eigenvalue weighted by atomic mass is 16.5. The van der Waals surface area contributed by atoms with Crippen LogP contribution >= 0.6 is 0 Å². The number of likely N-dealkylation sites (N-methyl/N-ethyl adjacent to an activating group) is 1. The topological polar surface area (TPSA) is 61.8 Å². The Kier molecular flexibility index (Phi) is 4.85. The van der Waals surface area contributed by atoms with Crippen molar-refractivity contribution in [3.63, 3.8) is 0 Å². The van der Waals surface area contributed by atoms with E-state index in [9.17, 15) is 4.79 Å². The molecule has 25 heavy (non-hydrogen) atoms. The number of amides is 1. The summed E-state index contributed by atoms with van der Waals surface area (Å²) in [5.74, 6) is 1.03. The van der Waals surface area contributed by atoms with Crippen molar-refractivity contribution in [2.45, 2.75) is 44.4 Å². The van der Waals surface area contributed by atoms with E-state index < -0.39 is 0 Å². The zero-order valence-electron chi connectivity index (χ0n) is 14.9. The number of carbonyl (C=O) groups is 1. The third-order valence-electron chi connectivity index (χ3n) is 5.59. The van der Waals surface area contributed by atoms with E-state index >= 15 is 0 Å². The second-order valence-electron chi connectivity index (χ2n) is 7.36. The summed E-state index contributed by atoms with van der Waals surface area (Å²) in [6, 6.07) is 0.156. The molecular weight excluding hydrogens is 318 g/mol. The number of piperidine rings is 1. The maximum absolute atomic E-state index is 12.0. The Balaban J connectivity index is 1.37. The average molecular weight is 345 g/mol. The number of aromatic nitrogens is 2. The Morgan fingerprint density at radius 3 is 2.68 bits per heavy atom. The Morgan fingerprint density at radius 2 is 1.92 bits per heavy atom. The van der Waals surface area contributed by atoms with E-state index in [2.05, 4.69) is 19.8 Å². The van der Waals surface area contributed by atoms with Gasteiger partial charge in [0.1, 0.15) is 0 Å². The van der Waals surface area contributed by atoms with Crippen molar-refractivity contribution in [2.75, 3.05) is 44.7 Å². The van der Waals surface area contributed by atoms with Crippen molar-refractivity contribution in [3.05, 3.63) is 18.0 Å². The second kappa shape index (κ2) is 7.25. The molecular formula is C18H27N5O2. The first-order chi connectivity index (χ1) is 12.2. The number of likely N-dealkylation sites (tertiary alicyclic amines) is 1. The quantitative estimate of drug-likeness (QED) is 0.811. The van der Waals surface area contributed by atoms with Crippen molar-refractivity contribution >= 4 is 11.9 Å². The minimum absolute atomic E-state index is 0.116.